The fraction of sp³-hybridized carbons (Fsp3) is 0.250. The molecule has 0 spiro atoms. The Morgan fingerprint density at radius 2 is 2.54 bits per heavy atom. The maximum Gasteiger partial charge on any atom is 0.251 e. The molecule has 0 aliphatic carbocycles. The molecule has 0 unspecified atom stereocenters. The van der Waals surface area contributed by atoms with Gasteiger partial charge in [-0.1, -0.05) is 17.8 Å². The molecule has 0 aliphatic rings. The summed E-state index contributed by atoms with van der Waals surface area (Å²) in [6.07, 6.45) is 3.37. The van der Waals surface area contributed by atoms with Gasteiger partial charge < -0.3 is 4.98 Å². The third-order valence-electron chi connectivity index (χ3n) is 1.16. The average molecular weight is 214 g/mol. The quantitative estimate of drug-likeness (QED) is 0.267. The SMILES string of the molecule is C=CCSCSc1nccc(=O)[nH]1. The van der Waals surface area contributed by atoms with Gasteiger partial charge in [0.25, 0.3) is 5.56 Å². The molecule has 0 bridgehead atoms. The first-order chi connectivity index (χ1) is 6.33. The van der Waals surface area contributed by atoms with E-state index in [2.05, 4.69) is 16.5 Å². The van der Waals surface area contributed by atoms with Gasteiger partial charge in [-0.3, -0.25) is 4.79 Å². The van der Waals surface area contributed by atoms with Crippen molar-refractivity contribution >= 4 is 23.5 Å². The van der Waals surface area contributed by atoms with Crippen molar-refractivity contribution in [1.29, 1.82) is 0 Å². The minimum absolute atomic E-state index is 0.105. The molecule has 0 radical (unpaired) electrons. The molecule has 0 aromatic carbocycles. The van der Waals surface area contributed by atoms with Crippen LogP contribution in [0.25, 0.3) is 0 Å². The number of nitrogens with one attached hydrogen (secondary N) is 1. The molecule has 0 saturated carbocycles. The molecular formula is C8H10N2OS2. The average Bonchev–Trinajstić information content (AvgIpc) is 2.13. The lowest BCUT2D eigenvalue weighted by Crippen LogP contribution is -2.05. The minimum atomic E-state index is -0.105. The predicted octanol–water partition coefficient (Wildman–Crippen LogP) is 1.74. The molecule has 0 fully saturated rings. The Hall–Kier alpha value is -0.680. The first-order valence-corrected chi connectivity index (χ1v) is 5.83. The topological polar surface area (TPSA) is 45.8 Å². The second-order valence-electron chi connectivity index (χ2n) is 2.16. The van der Waals surface area contributed by atoms with Crippen LogP contribution in [-0.2, 0) is 0 Å². The molecule has 5 heteroatoms. The molecule has 1 rings (SSSR count). The van der Waals surface area contributed by atoms with Gasteiger partial charge in [0, 0.05) is 23.1 Å². The molecule has 0 saturated heterocycles. The van der Waals surface area contributed by atoms with E-state index in [0.717, 1.165) is 10.8 Å². The standard InChI is InChI=1S/C8H10N2OS2/c1-2-5-12-6-13-8-9-4-3-7(11)10-8/h2-4H,1,5-6H2,(H,9,10,11). The lowest BCUT2D eigenvalue weighted by Gasteiger charge is -1.97. The minimum Gasteiger partial charge on any atom is -0.301 e. The highest BCUT2D eigenvalue weighted by atomic mass is 32.2. The highest BCUT2D eigenvalue weighted by Crippen LogP contribution is 2.17. The molecule has 1 heterocycles. The van der Waals surface area contributed by atoms with E-state index in [-0.39, 0.29) is 5.56 Å². The van der Waals surface area contributed by atoms with E-state index in [0.29, 0.717) is 5.16 Å². The van der Waals surface area contributed by atoms with E-state index in [1.807, 2.05) is 6.08 Å². The third-order valence-corrected chi connectivity index (χ3v) is 3.25. The van der Waals surface area contributed by atoms with Gasteiger partial charge in [0.15, 0.2) is 5.16 Å². The smallest absolute Gasteiger partial charge is 0.251 e. The summed E-state index contributed by atoms with van der Waals surface area (Å²) in [5, 5.41) is 1.54. The highest BCUT2D eigenvalue weighted by molar-refractivity contribution is 8.15. The maximum atomic E-state index is 10.8. The molecule has 0 atom stereocenters. The zero-order chi connectivity index (χ0) is 9.52. The number of hydrogen-bond acceptors (Lipinski definition) is 4. The van der Waals surface area contributed by atoms with Crippen LogP contribution in [0.15, 0.2) is 34.9 Å². The molecular weight excluding hydrogens is 204 g/mol. The van der Waals surface area contributed by atoms with Gasteiger partial charge in [0.05, 0.1) is 0 Å². The second kappa shape index (κ2) is 5.88. The van der Waals surface area contributed by atoms with Gasteiger partial charge in [0.2, 0.25) is 0 Å². The van der Waals surface area contributed by atoms with Crippen LogP contribution in [0.2, 0.25) is 0 Å². The molecule has 1 aromatic rings. The van der Waals surface area contributed by atoms with Crippen molar-refractivity contribution in [3.8, 4) is 0 Å². The summed E-state index contributed by atoms with van der Waals surface area (Å²) in [6.45, 7) is 3.62. The van der Waals surface area contributed by atoms with Crippen LogP contribution in [0, 0.1) is 0 Å². The summed E-state index contributed by atoms with van der Waals surface area (Å²) < 4.78 is 0. The summed E-state index contributed by atoms with van der Waals surface area (Å²) in [6, 6.07) is 1.40. The molecule has 0 aliphatic heterocycles. The molecule has 1 aromatic heterocycles. The first kappa shape index (κ1) is 10.4. The fourth-order valence-corrected chi connectivity index (χ4v) is 2.29. The molecule has 70 valence electrons. The van der Waals surface area contributed by atoms with Crippen molar-refractivity contribution in [2.75, 3.05) is 10.8 Å². The summed E-state index contributed by atoms with van der Waals surface area (Å²) in [5.41, 5.74) is -0.105. The molecule has 13 heavy (non-hydrogen) atoms. The van der Waals surface area contributed by atoms with Crippen molar-refractivity contribution in [3.63, 3.8) is 0 Å². The number of aromatic nitrogens is 2. The largest absolute Gasteiger partial charge is 0.301 e. The lowest BCUT2D eigenvalue weighted by molar-refractivity contribution is 0.939. The summed E-state index contributed by atoms with van der Waals surface area (Å²) >= 11 is 3.26. The monoisotopic (exact) mass is 214 g/mol. The Bertz CT molecular complexity index is 324. The van der Waals surface area contributed by atoms with Crippen molar-refractivity contribution in [3.05, 3.63) is 35.3 Å². The van der Waals surface area contributed by atoms with Crippen molar-refractivity contribution in [2.24, 2.45) is 0 Å². The highest BCUT2D eigenvalue weighted by Gasteiger charge is 1.94. The van der Waals surface area contributed by atoms with Crippen molar-refractivity contribution < 1.29 is 0 Å². The van der Waals surface area contributed by atoms with E-state index in [1.165, 1.54) is 24.0 Å². The number of hydrogen-bond donors (Lipinski definition) is 1. The predicted molar refractivity (Wildman–Crippen MR) is 58.2 cm³/mol. The maximum absolute atomic E-state index is 10.8. The Labute approximate surface area is 85.0 Å². The number of aromatic amines is 1. The number of rotatable bonds is 5. The van der Waals surface area contributed by atoms with Gasteiger partial charge in [0.1, 0.15) is 0 Å². The summed E-state index contributed by atoms with van der Waals surface area (Å²) in [4.78, 5) is 17.5. The Morgan fingerprint density at radius 1 is 1.69 bits per heavy atom. The summed E-state index contributed by atoms with van der Waals surface area (Å²) in [5.74, 6) is 0.921. The summed E-state index contributed by atoms with van der Waals surface area (Å²) in [7, 11) is 0. The lowest BCUT2D eigenvalue weighted by atomic mass is 10.7. The molecule has 1 N–H and O–H groups in total. The molecule has 3 nitrogen and oxygen atoms in total. The fourth-order valence-electron chi connectivity index (χ4n) is 0.654. The van der Waals surface area contributed by atoms with Crippen LogP contribution >= 0.6 is 23.5 Å². The van der Waals surface area contributed by atoms with Gasteiger partial charge in [-0.15, -0.1) is 18.3 Å². The van der Waals surface area contributed by atoms with Gasteiger partial charge in [-0.25, -0.2) is 4.98 Å². The second-order valence-corrected chi connectivity index (χ2v) is 4.52. The van der Waals surface area contributed by atoms with Crippen LogP contribution in [0.5, 0.6) is 0 Å². The van der Waals surface area contributed by atoms with Gasteiger partial charge in [-0.05, 0) is 0 Å². The third kappa shape index (κ3) is 4.19. The Balaban J connectivity index is 2.36. The number of thioether (sulfide) groups is 2. The number of H-pyrrole nitrogens is 1. The van der Waals surface area contributed by atoms with E-state index in [9.17, 15) is 4.79 Å². The van der Waals surface area contributed by atoms with Gasteiger partial charge >= 0.3 is 0 Å². The van der Waals surface area contributed by atoms with Crippen molar-refractivity contribution in [2.45, 2.75) is 5.16 Å². The zero-order valence-electron chi connectivity index (χ0n) is 7.03. The van der Waals surface area contributed by atoms with Crippen LogP contribution in [0.3, 0.4) is 0 Å². The normalized spacial score (nSPS) is 9.85. The van der Waals surface area contributed by atoms with E-state index in [4.69, 9.17) is 0 Å². The van der Waals surface area contributed by atoms with E-state index >= 15 is 0 Å². The van der Waals surface area contributed by atoms with Crippen LogP contribution in [-0.4, -0.2) is 20.8 Å². The van der Waals surface area contributed by atoms with Crippen molar-refractivity contribution in [1.82, 2.24) is 9.97 Å². The Morgan fingerprint density at radius 3 is 3.23 bits per heavy atom. The Kier molecular flexibility index (Phi) is 4.70. The van der Waals surface area contributed by atoms with E-state index in [1.54, 1.807) is 11.8 Å². The van der Waals surface area contributed by atoms with Crippen LogP contribution in [0.1, 0.15) is 0 Å². The first-order valence-electron chi connectivity index (χ1n) is 3.69. The van der Waals surface area contributed by atoms with E-state index < -0.39 is 0 Å². The van der Waals surface area contributed by atoms with Crippen LogP contribution in [0.4, 0.5) is 0 Å². The zero-order valence-corrected chi connectivity index (χ0v) is 8.66. The van der Waals surface area contributed by atoms with Gasteiger partial charge in [-0.2, -0.15) is 0 Å². The number of nitrogens with zero attached hydrogens (tertiary/aromatic N) is 1. The van der Waals surface area contributed by atoms with Crippen LogP contribution < -0.4 is 5.56 Å². The molecule has 0 amide bonds.